The van der Waals surface area contributed by atoms with Crippen LogP contribution < -0.4 is 5.32 Å². The van der Waals surface area contributed by atoms with Crippen molar-refractivity contribution in [1.29, 1.82) is 0 Å². The van der Waals surface area contributed by atoms with Crippen LogP contribution in [0.25, 0.3) is 10.9 Å². The lowest BCUT2D eigenvalue weighted by Gasteiger charge is -2.16. The van der Waals surface area contributed by atoms with Crippen molar-refractivity contribution in [3.05, 3.63) is 40.6 Å². The zero-order valence-corrected chi connectivity index (χ0v) is 11.6. The molecule has 0 aliphatic heterocycles. The second-order valence-corrected chi connectivity index (χ2v) is 5.62. The Morgan fingerprint density at radius 3 is 2.86 bits per heavy atom. The molecule has 0 spiro atoms. The van der Waals surface area contributed by atoms with Crippen LogP contribution in [0.3, 0.4) is 0 Å². The number of aromatic nitrogens is 1. The predicted octanol–water partition coefficient (Wildman–Crippen LogP) is 2.72. The third kappa shape index (κ3) is 2.67. The Labute approximate surface area is 122 Å². The number of nitrogens with zero attached hydrogens (tertiary/aromatic N) is 2. The first kappa shape index (κ1) is 13.8. The van der Waals surface area contributed by atoms with Crippen molar-refractivity contribution >= 4 is 22.3 Å². The summed E-state index contributed by atoms with van der Waals surface area (Å²) in [5, 5.41) is 24.3. The molecule has 6 nitrogen and oxygen atoms in total. The van der Waals surface area contributed by atoms with Crippen LogP contribution >= 0.6 is 0 Å². The highest BCUT2D eigenvalue weighted by Gasteiger charge is 2.41. The average Bonchev–Trinajstić information content (AvgIpc) is 3.25. The highest BCUT2D eigenvalue weighted by molar-refractivity contribution is 5.96. The summed E-state index contributed by atoms with van der Waals surface area (Å²) < 4.78 is 0. The second-order valence-electron chi connectivity index (χ2n) is 5.62. The number of nitrogens with one attached hydrogen (secondary N) is 1. The number of anilines is 1. The van der Waals surface area contributed by atoms with Gasteiger partial charge < -0.3 is 10.4 Å². The quantitative estimate of drug-likeness (QED) is 0.630. The molecule has 0 unspecified atom stereocenters. The number of pyridine rings is 1. The van der Waals surface area contributed by atoms with Gasteiger partial charge in [-0.25, -0.2) is 4.98 Å². The van der Waals surface area contributed by atoms with Crippen molar-refractivity contribution < 1.29 is 10.0 Å². The van der Waals surface area contributed by atoms with E-state index in [0.29, 0.717) is 5.52 Å². The number of hydrogen-bond donors (Lipinski definition) is 2. The minimum absolute atomic E-state index is 0.0210. The fraction of sp³-hybridized carbons (Fsp3) is 0.400. The van der Waals surface area contributed by atoms with Gasteiger partial charge in [-0.05, 0) is 42.9 Å². The highest BCUT2D eigenvalue weighted by atomic mass is 16.6. The molecule has 0 bridgehead atoms. The summed E-state index contributed by atoms with van der Waals surface area (Å²) in [6.45, 7) is 0.972. The number of aliphatic hydroxyl groups is 1. The Morgan fingerprint density at radius 2 is 2.19 bits per heavy atom. The maximum absolute atomic E-state index is 11.1. The van der Waals surface area contributed by atoms with Gasteiger partial charge in [-0.1, -0.05) is 0 Å². The SMILES string of the molecule is O=[N+]([O-])c1ccc(NCC2(CCO)CC2)c2cccnc12. The smallest absolute Gasteiger partial charge is 0.295 e. The van der Waals surface area contributed by atoms with E-state index in [4.69, 9.17) is 5.11 Å². The monoisotopic (exact) mass is 287 g/mol. The summed E-state index contributed by atoms with van der Waals surface area (Å²) in [6.07, 6.45) is 4.59. The summed E-state index contributed by atoms with van der Waals surface area (Å²) in [6, 6.07) is 6.83. The number of benzene rings is 1. The molecule has 1 saturated carbocycles. The van der Waals surface area contributed by atoms with Gasteiger partial charge >= 0.3 is 0 Å². The van der Waals surface area contributed by atoms with Crippen LogP contribution in [0, 0.1) is 15.5 Å². The molecule has 1 aromatic carbocycles. The van der Waals surface area contributed by atoms with Crippen LogP contribution in [-0.4, -0.2) is 28.2 Å². The third-order valence-electron chi connectivity index (χ3n) is 4.20. The molecule has 2 aromatic rings. The summed E-state index contributed by atoms with van der Waals surface area (Å²) in [5.41, 5.74) is 1.46. The lowest BCUT2D eigenvalue weighted by atomic mass is 10.0. The van der Waals surface area contributed by atoms with Crippen LogP contribution in [0.2, 0.25) is 0 Å². The largest absolute Gasteiger partial charge is 0.396 e. The molecule has 1 aliphatic rings. The second kappa shape index (κ2) is 5.29. The standard InChI is InChI=1S/C15H17N3O3/c19-9-7-15(5-6-15)10-17-12-3-4-13(18(20)21)14-11(12)2-1-8-16-14/h1-4,8,17,19H,5-7,9-10H2. The van der Waals surface area contributed by atoms with Crippen molar-refractivity contribution in [3.8, 4) is 0 Å². The van der Waals surface area contributed by atoms with Gasteiger partial charge in [0, 0.05) is 36.5 Å². The molecule has 0 atom stereocenters. The molecule has 6 heteroatoms. The van der Waals surface area contributed by atoms with E-state index in [1.54, 1.807) is 18.3 Å². The fourth-order valence-electron chi connectivity index (χ4n) is 2.67. The van der Waals surface area contributed by atoms with E-state index in [1.165, 1.54) is 6.07 Å². The van der Waals surface area contributed by atoms with Gasteiger partial charge in [0.15, 0.2) is 0 Å². The van der Waals surface area contributed by atoms with Gasteiger partial charge in [0.05, 0.1) is 4.92 Å². The molecule has 0 radical (unpaired) electrons. The number of hydrogen-bond acceptors (Lipinski definition) is 5. The molecule has 1 fully saturated rings. The molecule has 21 heavy (non-hydrogen) atoms. The van der Waals surface area contributed by atoms with E-state index < -0.39 is 4.92 Å². The van der Waals surface area contributed by atoms with Crippen molar-refractivity contribution in [2.75, 3.05) is 18.5 Å². The van der Waals surface area contributed by atoms with Gasteiger partial charge in [-0.2, -0.15) is 0 Å². The van der Waals surface area contributed by atoms with Gasteiger partial charge in [0.1, 0.15) is 5.52 Å². The lowest BCUT2D eigenvalue weighted by molar-refractivity contribution is -0.383. The number of non-ortho nitro benzene ring substituents is 1. The Kier molecular flexibility index (Phi) is 3.47. The molecule has 3 rings (SSSR count). The third-order valence-corrected chi connectivity index (χ3v) is 4.20. The van der Waals surface area contributed by atoms with Crippen LogP contribution in [0.15, 0.2) is 30.5 Å². The number of nitro benzene ring substituents is 1. The van der Waals surface area contributed by atoms with Crippen LogP contribution in [0.5, 0.6) is 0 Å². The van der Waals surface area contributed by atoms with E-state index in [9.17, 15) is 10.1 Å². The van der Waals surface area contributed by atoms with Crippen LogP contribution in [0.4, 0.5) is 11.4 Å². The molecule has 1 aliphatic carbocycles. The first-order valence-corrected chi connectivity index (χ1v) is 7.02. The zero-order chi connectivity index (χ0) is 14.9. The van der Waals surface area contributed by atoms with Gasteiger partial charge in [0.25, 0.3) is 5.69 Å². The van der Waals surface area contributed by atoms with Crippen molar-refractivity contribution in [2.45, 2.75) is 19.3 Å². The number of nitro groups is 1. The average molecular weight is 287 g/mol. The van der Waals surface area contributed by atoms with E-state index in [1.807, 2.05) is 6.07 Å². The van der Waals surface area contributed by atoms with Gasteiger partial charge in [-0.3, -0.25) is 10.1 Å². The molecule has 1 heterocycles. The number of rotatable bonds is 6. The topological polar surface area (TPSA) is 88.3 Å². The van der Waals surface area contributed by atoms with Crippen molar-refractivity contribution in [1.82, 2.24) is 4.98 Å². The minimum atomic E-state index is -0.409. The Hall–Kier alpha value is -2.21. The maximum atomic E-state index is 11.1. The normalized spacial score (nSPS) is 15.9. The molecule has 0 saturated heterocycles. The number of fused-ring (bicyclic) bond motifs is 1. The summed E-state index contributed by atoms with van der Waals surface area (Å²) in [7, 11) is 0. The molecule has 0 amide bonds. The first-order chi connectivity index (χ1) is 10.2. The molecule has 2 N–H and O–H groups in total. The van der Waals surface area contributed by atoms with Gasteiger partial charge in [0.2, 0.25) is 0 Å². The van der Waals surface area contributed by atoms with Crippen LogP contribution in [-0.2, 0) is 0 Å². The first-order valence-electron chi connectivity index (χ1n) is 7.02. The molecular weight excluding hydrogens is 270 g/mol. The molecule has 1 aromatic heterocycles. The summed E-state index contributed by atoms with van der Waals surface area (Å²) in [4.78, 5) is 14.8. The lowest BCUT2D eigenvalue weighted by Crippen LogP contribution is -2.17. The van der Waals surface area contributed by atoms with Crippen molar-refractivity contribution in [2.24, 2.45) is 5.41 Å². The molecular formula is C15H17N3O3. The van der Waals surface area contributed by atoms with E-state index in [2.05, 4.69) is 10.3 Å². The molecule has 110 valence electrons. The highest BCUT2D eigenvalue weighted by Crippen LogP contribution is 2.48. The summed E-state index contributed by atoms with van der Waals surface area (Å²) >= 11 is 0. The predicted molar refractivity (Wildman–Crippen MR) is 80.3 cm³/mol. The maximum Gasteiger partial charge on any atom is 0.295 e. The van der Waals surface area contributed by atoms with E-state index >= 15 is 0 Å². The summed E-state index contributed by atoms with van der Waals surface area (Å²) in [5.74, 6) is 0. The number of aliphatic hydroxyl groups excluding tert-OH is 1. The Morgan fingerprint density at radius 1 is 1.38 bits per heavy atom. The van der Waals surface area contributed by atoms with E-state index in [-0.39, 0.29) is 17.7 Å². The zero-order valence-electron chi connectivity index (χ0n) is 11.6. The van der Waals surface area contributed by atoms with Crippen molar-refractivity contribution in [3.63, 3.8) is 0 Å². The minimum Gasteiger partial charge on any atom is -0.396 e. The Bertz CT molecular complexity index is 683. The Balaban J connectivity index is 1.89. The van der Waals surface area contributed by atoms with Crippen LogP contribution in [0.1, 0.15) is 19.3 Å². The van der Waals surface area contributed by atoms with E-state index in [0.717, 1.165) is 36.9 Å². The fourth-order valence-corrected chi connectivity index (χ4v) is 2.67. The van der Waals surface area contributed by atoms with Gasteiger partial charge in [-0.15, -0.1) is 0 Å².